The van der Waals surface area contributed by atoms with Crippen LogP contribution in [0.4, 0.5) is 4.79 Å². The summed E-state index contributed by atoms with van der Waals surface area (Å²) in [6.07, 6.45) is 2.10. The number of nitrogens with zero attached hydrogens (tertiary/aromatic N) is 2. The van der Waals surface area contributed by atoms with Crippen LogP contribution in [0.2, 0.25) is 0 Å². The number of piperidine rings is 1. The lowest BCUT2D eigenvalue weighted by molar-refractivity contribution is 0.00135. The van der Waals surface area contributed by atoms with Crippen LogP contribution < -0.4 is 0 Å². The van der Waals surface area contributed by atoms with E-state index in [9.17, 15) is 4.79 Å². The SMILES string of the molecule is CO[C@@H]1CCN(C(=O)N(C)C)C[C@H]1Cc1cccc(C)c1. The molecule has 4 heteroatoms. The highest BCUT2D eigenvalue weighted by Gasteiger charge is 2.32. The van der Waals surface area contributed by atoms with Crippen molar-refractivity contribution < 1.29 is 9.53 Å². The van der Waals surface area contributed by atoms with E-state index in [1.807, 2.05) is 4.90 Å². The van der Waals surface area contributed by atoms with Gasteiger partial charge in [0.15, 0.2) is 0 Å². The van der Waals surface area contributed by atoms with E-state index in [2.05, 4.69) is 31.2 Å². The van der Waals surface area contributed by atoms with E-state index in [4.69, 9.17) is 4.74 Å². The van der Waals surface area contributed by atoms with E-state index in [0.717, 1.165) is 25.9 Å². The molecule has 4 nitrogen and oxygen atoms in total. The Morgan fingerprint density at radius 3 is 2.81 bits per heavy atom. The normalized spacial score (nSPS) is 22.2. The molecular weight excluding hydrogens is 264 g/mol. The van der Waals surface area contributed by atoms with Crippen LogP contribution in [0.1, 0.15) is 17.5 Å². The lowest BCUT2D eigenvalue weighted by Crippen LogP contribution is -2.50. The highest BCUT2D eigenvalue weighted by atomic mass is 16.5. The minimum atomic E-state index is 0.0961. The number of rotatable bonds is 3. The van der Waals surface area contributed by atoms with Crippen molar-refractivity contribution in [3.8, 4) is 0 Å². The molecule has 0 bridgehead atoms. The second kappa shape index (κ2) is 6.94. The van der Waals surface area contributed by atoms with Gasteiger partial charge in [-0.1, -0.05) is 29.8 Å². The summed E-state index contributed by atoms with van der Waals surface area (Å²) < 4.78 is 5.64. The van der Waals surface area contributed by atoms with Crippen molar-refractivity contribution in [2.75, 3.05) is 34.3 Å². The Bertz CT molecular complexity index is 487. The highest BCUT2D eigenvalue weighted by Crippen LogP contribution is 2.24. The number of carbonyl (C=O) groups is 1. The maximum Gasteiger partial charge on any atom is 0.319 e. The Hall–Kier alpha value is -1.55. The molecule has 0 aliphatic carbocycles. The van der Waals surface area contributed by atoms with Gasteiger partial charge in [-0.2, -0.15) is 0 Å². The van der Waals surface area contributed by atoms with Gasteiger partial charge in [0.2, 0.25) is 0 Å². The van der Waals surface area contributed by atoms with Crippen molar-refractivity contribution in [2.24, 2.45) is 5.92 Å². The lowest BCUT2D eigenvalue weighted by atomic mass is 9.88. The van der Waals surface area contributed by atoms with Crippen molar-refractivity contribution in [2.45, 2.75) is 25.9 Å². The molecule has 1 aromatic carbocycles. The van der Waals surface area contributed by atoms with E-state index in [1.54, 1.807) is 26.1 Å². The number of hydrogen-bond acceptors (Lipinski definition) is 2. The van der Waals surface area contributed by atoms with Gasteiger partial charge < -0.3 is 14.5 Å². The number of carbonyl (C=O) groups excluding carboxylic acids is 1. The van der Waals surface area contributed by atoms with Crippen LogP contribution in [-0.4, -0.2) is 56.2 Å². The zero-order valence-corrected chi connectivity index (χ0v) is 13.5. The van der Waals surface area contributed by atoms with Gasteiger partial charge in [0, 0.05) is 40.2 Å². The number of benzene rings is 1. The number of ether oxygens (including phenoxy) is 1. The van der Waals surface area contributed by atoms with Crippen LogP contribution in [0.3, 0.4) is 0 Å². The molecular formula is C17H26N2O2. The van der Waals surface area contributed by atoms with Crippen LogP contribution in [0.15, 0.2) is 24.3 Å². The average Bonchev–Trinajstić information content (AvgIpc) is 2.46. The van der Waals surface area contributed by atoms with Gasteiger partial charge in [-0.05, 0) is 25.3 Å². The van der Waals surface area contributed by atoms with Crippen molar-refractivity contribution in [1.82, 2.24) is 9.80 Å². The smallest absolute Gasteiger partial charge is 0.319 e. The Morgan fingerprint density at radius 2 is 2.19 bits per heavy atom. The number of likely N-dealkylation sites (tertiary alicyclic amines) is 1. The Balaban J connectivity index is 2.08. The zero-order chi connectivity index (χ0) is 15.4. The van der Waals surface area contributed by atoms with E-state index >= 15 is 0 Å². The molecule has 116 valence electrons. The van der Waals surface area contributed by atoms with Crippen molar-refractivity contribution >= 4 is 6.03 Å². The molecule has 2 amide bonds. The lowest BCUT2D eigenvalue weighted by Gasteiger charge is -2.39. The minimum absolute atomic E-state index is 0.0961. The van der Waals surface area contributed by atoms with Crippen molar-refractivity contribution in [3.05, 3.63) is 35.4 Å². The molecule has 0 aromatic heterocycles. The largest absolute Gasteiger partial charge is 0.381 e. The first-order valence-electron chi connectivity index (χ1n) is 7.56. The fourth-order valence-electron chi connectivity index (χ4n) is 3.12. The van der Waals surface area contributed by atoms with Gasteiger partial charge >= 0.3 is 6.03 Å². The molecule has 1 saturated heterocycles. The van der Waals surface area contributed by atoms with Crippen LogP contribution in [-0.2, 0) is 11.2 Å². The average molecular weight is 290 g/mol. The third-order valence-electron chi connectivity index (χ3n) is 4.20. The summed E-state index contributed by atoms with van der Waals surface area (Å²) in [7, 11) is 5.39. The van der Waals surface area contributed by atoms with E-state index in [0.29, 0.717) is 5.92 Å². The third kappa shape index (κ3) is 3.97. The molecule has 2 rings (SSSR count). The zero-order valence-electron chi connectivity index (χ0n) is 13.5. The summed E-state index contributed by atoms with van der Waals surface area (Å²) in [6.45, 7) is 3.66. The van der Waals surface area contributed by atoms with Gasteiger partial charge in [0.1, 0.15) is 0 Å². The first kappa shape index (κ1) is 15.8. The molecule has 0 unspecified atom stereocenters. The topological polar surface area (TPSA) is 32.8 Å². The van der Waals surface area contributed by atoms with Crippen molar-refractivity contribution in [1.29, 1.82) is 0 Å². The molecule has 0 saturated carbocycles. The molecule has 1 aliphatic rings. The van der Waals surface area contributed by atoms with E-state index in [1.165, 1.54) is 11.1 Å². The van der Waals surface area contributed by atoms with Crippen LogP contribution in [0.25, 0.3) is 0 Å². The first-order valence-corrected chi connectivity index (χ1v) is 7.56. The molecule has 0 spiro atoms. The van der Waals surface area contributed by atoms with Crippen molar-refractivity contribution in [3.63, 3.8) is 0 Å². The van der Waals surface area contributed by atoms with Gasteiger partial charge in [-0.15, -0.1) is 0 Å². The molecule has 21 heavy (non-hydrogen) atoms. The molecule has 1 aliphatic heterocycles. The maximum absolute atomic E-state index is 12.2. The molecule has 0 N–H and O–H groups in total. The van der Waals surface area contributed by atoms with Gasteiger partial charge in [-0.3, -0.25) is 0 Å². The highest BCUT2D eigenvalue weighted by molar-refractivity contribution is 5.73. The predicted molar refractivity (Wildman–Crippen MR) is 84.4 cm³/mol. The Labute approximate surface area is 127 Å². The first-order chi connectivity index (χ1) is 10.0. The maximum atomic E-state index is 12.2. The molecule has 1 fully saturated rings. The summed E-state index contributed by atoms with van der Waals surface area (Å²) >= 11 is 0. The number of aryl methyl sites for hydroxylation is 1. The van der Waals surface area contributed by atoms with Crippen LogP contribution >= 0.6 is 0 Å². The van der Waals surface area contributed by atoms with E-state index in [-0.39, 0.29) is 12.1 Å². The van der Waals surface area contributed by atoms with Gasteiger partial charge in [-0.25, -0.2) is 4.79 Å². The van der Waals surface area contributed by atoms with E-state index < -0.39 is 0 Å². The standard InChI is InChI=1S/C17H26N2O2/c1-13-6-5-7-14(10-13)11-15-12-19(17(20)18(2)3)9-8-16(15)21-4/h5-7,10,15-16H,8-9,11-12H2,1-4H3/t15-,16-/m1/s1. The quantitative estimate of drug-likeness (QED) is 0.857. The number of hydrogen-bond donors (Lipinski definition) is 0. The monoisotopic (exact) mass is 290 g/mol. The second-order valence-corrected chi connectivity index (χ2v) is 6.14. The summed E-state index contributed by atoms with van der Waals surface area (Å²) in [4.78, 5) is 15.7. The molecule has 0 radical (unpaired) electrons. The summed E-state index contributed by atoms with van der Waals surface area (Å²) in [6, 6.07) is 8.68. The summed E-state index contributed by atoms with van der Waals surface area (Å²) in [5, 5.41) is 0. The molecule has 1 aromatic rings. The molecule has 2 atom stereocenters. The fraction of sp³-hybridized carbons (Fsp3) is 0.588. The van der Waals surface area contributed by atoms with Gasteiger partial charge in [0.05, 0.1) is 6.10 Å². The number of methoxy groups -OCH3 is 1. The minimum Gasteiger partial charge on any atom is -0.381 e. The second-order valence-electron chi connectivity index (χ2n) is 6.14. The Morgan fingerprint density at radius 1 is 1.43 bits per heavy atom. The summed E-state index contributed by atoms with van der Waals surface area (Å²) in [5.41, 5.74) is 2.60. The van der Waals surface area contributed by atoms with Gasteiger partial charge in [0.25, 0.3) is 0 Å². The number of amides is 2. The van der Waals surface area contributed by atoms with Crippen LogP contribution in [0, 0.1) is 12.8 Å². The van der Waals surface area contributed by atoms with Crippen LogP contribution in [0.5, 0.6) is 0 Å². The third-order valence-corrected chi connectivity index (χ3v) is 4.20. The molecule has 1 heterocycles. The fourth-order valence-corrected chi connectivity index (χ4v) is 3.12. The summed E-state index contributed by atoms with van der Waals surface area (Å²) in [5.74, 6) is 0.356. The predicted octanol–water partition coefficient (Wildman–Crippen LogP) is 2.56. The number of urea groups is 1. The Kier molecular flexibility index (Phi) is 5.23.